The maximum absolute atomic E-state index is 5.03. The van der Waals surface area contributed by atoms with E-state index >= 15 is 0 Å². The molecule has 0 radical (unpaired) electrons. The van der Waals surface area contributed by atoms with Crippen LogP contribution in [0.5, 0.6) is 0 Å². The van der Waals surface area contributed by atoms with Gasteiger partial charge in [-0.2, -0.15) is 5.10 Å². The summed E-state index contributed by atoms with van der Waals surface area (Å²) in [5.74, 6) is 5.03. The fraction of sp³-hybridized carbons (Fsp3) is 0.750. The molecule has 1 rings (SSSR count). The van der Waals surface area contributed by atoms with Crippen LogP contribution in [-0.4, -0.2) is 11.6 Å². The van der Waals surface area contributed by atoms with Crippen molar-refractivity contribution in [3.05, 3.63) is 0 Å². The maximum Gasteiger partial charge on any atom is 0.0573 e. The molecule has 1 fully saturated rings. The molecule has 0 aromatic heterocycles. The van der Waals surface area contributed by atoms with Crippen LogP contribution < -0.4 is 5.84 Å². The summed E-state index contributed by atoms with van der Waals surface area (Å²) in [6.45, 7) is 0. The van der Waals surface area contributed by atoms with Crippen molar-refractivity contribution in [1.29, 1.82) is 0 Å². The zero-order valence-corrected chi connectivity index (χ0v) is 5.15. The van der Waals surface area contributed by atoms with Crippen LogP contribution in [0.4, 0.5) is 0 Å². The second-order valence-electron chi connectivity index (χ2n) is 1.61. The van der Waals surface area contributed by atoms with Gasteiger partial charge < -0.3 is 5.84 Å². The first kappa shape index (κ1) is 5.04. The molecule has 7 heavy (non-hydrogen) atoms. The number of nitrogens with two attached hydrogens (primary N) is 1. The van der Waals surface area contributed by atoms with Gasteiger partial charge in [-0.05, 0) is 19.0 Å². The van der Waals surface area contributed by atoms with Crippen molar-refractivity contribution in [2.24, 2.45) is 10.9 Å². The van der Waals surface area contributed by atoms with E-state index in [1.165, 1.54) is 18.0 Å². The zero-order chi connectivity index (χ0) is 5.11. The first-order valence-corrected chi connectivity index (χ1v) is 3.65. The average molecular weight is 116 g/mol. The van der Waals surface area contributed by atoms with E-state index < -0.39 is 0 Å². The molecular weight excluding hydrogens is 107 g/mol. The fourth-order valence-corrected chi connectivity index (χ4v) is 1.77. The second-order valence-corrected chi connectivity index (χ2v) is 3.04. The fourth-order valence-electron chi connectivity index (χ4n) is 0.687. The molecule has 0 aromatic carbocycles. The third-order valence-electron chi connectivity index (χ3n) is 1.08. The average Bonchev–Trinajstić information content (AvgIpc) is 2.14. The molecule has 1 atom stereocenters. The largest absolute Gasteiger partial charge is 0.323 e. The normalized spacial score (nSPS) is 30.0. The molecule has 1 unspecified atom stereocenters. The van der Waals surface area contributed by atoms with Crippen molar-refractivity contribution < 1.29 is 0 Å². The lowest BCUT2D eigenvalue weighted by Crippen LogP contribution is -1.87. The monoisotopic (exact) mass is 116 g/mol. The van der Waals surface area contributed by atoms with E-state index in [1.54, 1.807) is 0 Å². The quantitative estimate of drug-likeness (QED) is 0.283. The summed E-state index contributed by atoms with van der Waals surface area (Å²) in [4.78, 5) is 0. The highest BCUT2D eigenvalue weighted by Crippen LogP contribution is 2.25. The number of hydrazone groups is 1. The number of rotatable bonds is 0. The van der Waals surface area contributed by atoms with E-state index in [0.717, 1.165) is 15.0 Å². The van der Waals surface area contributed by atoms with Crippen molar-refractivity contribution in [3.63, 3.8) is 0 Å². The van der Waals surface area contributed by atoms with E-state index in [4.69, 9.17) is 5.84 Å². The smallest absolute Gasteiger partial charge is 0.0573 e. The zero-order valence-electron chi connectivity index (χ0n) is 4.15. The molecule has 0 aromatic rings. The number of nitrogens with zero attached hydrogens (tertiary/aromatic N) is 1. The van der Waals surface area contributed by atoms with Gasteiger partial charge in [-0.25, -0.2) is 0 Å². The topological polar surface area (TPSA) is 38.4 Å². The molecule has 0 aliphatic carbocycles. The van der Waals surface area contributed by atoms with E-state index in [-0.39, 0.29) is 0 Å². The highest BCUT2D eigenvalue weighted by atomic mass is 31.1. The van der Waals surface area contributed by atoms with Crippen LogP contribution in [0.25, 0.3) is 0 Å². The van der Waals surface area contributed by atoms with Crippen LogP contribution in [0.2, 0.25) is 0 Å². The molecule has 3 heteroatoms. The minimum absolute atomic E-state index is 0.925. The number of hydrogen-bond acceptors (Lipinski definition) is 2. The van der Waals surface area contributed by atoms with Crippen LogP contribution in [0.3, 0.4) is 0 Å². The van der Waals surface area contributed by atoms with Crippen LogP contribution in [0, 0.1) is 0 Å². The third-order valence-corrected chi connectivity index (χ3v) is 2.47. The molecule has 1 aliphatic heterocycles. The van der Waals surface area contributed by atoms with Gasteiger partial charge in [0.05, 0.1) is 5.45 Å². The van der Waals surface area contributed by atoms with Gasteiger partial charge in [0.25, 0.3) is 0 Å². The van der Waals surface area contributed by atoms with Crippen LogP contribution in [0.1, 0.15) is 12.8 Å². The third kappa shape index (κ3) is 1.13. The lowest BCUT2D eigenvalue weighted by molar-refractivity contribution is 1.03. The lowest BCUT2D eigenvalue weighted by atomic mass is 10.4. The first-order valence-electron chi connectivity index (χ1n) is 2.44. The molecule has 2 nitrogen and oxygen atoms in total. The van der Waals surface area contributed by atoms with E-state index in [2.05, 4.69) is 5.10 Å². The number of hydrogen-bond donors (Lipinski definition) is 1. The summed E-state index contributed by atoms with van der Waals surface area (Å²) >= 11 is 0. The SMILES string of the molecule is NN=C1CCCP1. The lowest BCUT2D eigenvalue weighted by Gasteiger charge is -1.84. The first-order chi connectivity index (χ1) is 3.43. The van der Waals surface area contributed by atoms with Gasteiger partial charge in [0.2, 0.25) is 0 Å². The molecule has 0 amide bonds. The van der Waals surface area contributed by atoms with E-state index in [9.17, 15) is 0 Å². The van der Waals surface area contributed by atoms with Gasteiger partial charge in [-0.1, -0.05) is 8.58 Å². The molecule has 0 spiro atoms. The Balaban J connectivity index is 2.41. The van der Waals surface area contributed by atoms with Gasteiger partial charge >= 0.3 is 0 Å². The Kier molecular flexibility index (Phi) is 1.64. The van der Waals surface area contributed by atoms with E-state index in [1.807, 2.05) is 0 Å². The van der Waals surface area contributed by atoms with Gasteiger partial charge in [0, 0.05) is 0 Å². The summed E-state index contributed by atoms with van der Waals surface area (Å²) < 4.78 is 0. The van der Waals surface area contributed by atoms with Gasteiger partial charge in [-0.3, -0.25) is 0 Å². The van der Waals surface area contributed by atoms with E-state index in [0.29, 0.717) is 0 Å². The molecule has 0 bridgehead atoms. The predicted molar refractivity (Wildman–Crippen MR) is 34.0 cm³/mol. The van der Waals surface area contributed by atoms with Crippen molar-refractivity contribution in [2.45, 2.75) is 12.8 Å². The minimum atomic E-state index is 0.925. The molecule has 1 saturated heterocycles. The summed E-state index contributed by atoms with van der Waals surface area (Å²) in [5, 5.41) is 3.62. The molecule has 1 aliphatic rings. The summed E-state index contributed by atoms with van der Waals surface area (Å²) in [5.41, 5.74) is 1.22. The predicted octanol–water partition coefficient (Wildman–Crippen LogP) is 0.731. The van der Waals surface area contributed by atoms with Crippen molar-refractivity contribution >= 4 is 14.0 Å². The van der Waals surface area contributed by atoms with Crippen LogP contribution in [0.15, 0.2) is 5.10 Å². The highest BCUT2D eigenvalue weighted by molar-refractivity contribution is 7.58. The van der Waals surface area contributed by atoms with Crippen LogP contribution in [-0.2, 0) is 0 Å². The Morgan fingerprint density at radius 1 is 1.71 bits per heavy atom. The minimum Gasteiger partial charge on any atom is -0.323 e. The standard InChI is InChI=1S/C4H9N2P/c5-6-4-2-1-3-7-4/h7H,1-3,5H2. The summed E-state index contributed by atoms with van der Waals surface area (Å²) in [6, 6.07) is 0. The van der Waals surface area contributed by atoms with Crippen molar-refractivity contribution in [3.8, 4) is 0 Å². The second kappa shape index (κ2) is 2.27. The Hall–Kier alpha value is -0.100. The Bertz CT molecular complexity index is 81.7. The Morgan fingerprint density at radius 2 is 2.57 bits per heavy atom. The Labute approximate surface area is 44.9 Å². The van der Waals surface area contributed by atoms with Crippen LogP contribution >= 0.6 is 8.58 Å². The summed E-state index contributed by atoms with van der Waals surface area (Å²) in [7, 11) is 0.925. The molecule has 1 heterocycles. The van der Waals surface area contributed by atoms with Gasteiger partial charge in [-0.15, -0.1) is 0 Å². The van der Waals surface area contributed by atoms with Gasteiger partial charge in [0.1, 0.15) is 0 Å². The molecule has 2 N–H and O–H groups in total. The molecule has 40 valence electrons. The van der Waals surface area contributed by atoms with Crippen molar-refractivity contribution in [1.82, 2.24) is 0 Å². The Morgan fingerprint density at radius 3 is 2.86 bits per heavy atom. The molecular formula is C4H9N2P. The highest BCUT2D eigenvalue weighted by Gasteiger charge is 2.05. The van der Waals surface area contributed by atoms with Gasteiger partial charge in [0.15, 0.2) is 0 Å². The maximum atomic E-state index is 5.03. The summed E-state index contributed by atoms with van der Waals surface area (Å²) in [6.07, 6.45) is 3.76. The van der Waals surface area contributed by atoms with Crippen molar-refractivity contribution in [2.75, 3.05) is 6.16 Å². The molecule has 0 saturated carbocycles.